The first-order valence-corrected chi connectivity index (χ1v) is 10.2. The predicted molar refractivity (Wildman–Crippen MR) is 112 cm³/mol. The van der Waals surface area contributed by atoms with Crippen LogP contribution in [0.2, 0.25) is 0 Å². The summed E-state index contributed by atoms with van der Waals surface area (Å²) in [7, 11) is 0. The van der Waals surface area contributed by atoms with Crippen molar-refractivity contribution in [1.82, 2.24) is 0 Å². The first-order valence-electron chi connectivity index (χ1n) is 9.85. The normalized spacial score (nSPS) is 13.7. The number of hydrogen-bond acceptors (Lipinski definition) is 5. The van der Waals surface area contributed by atoms with Crippen molar-refractivity contribution in [1.29, 1.82) is 0 Å². The van der Waals surface area contributed by atoms with Gasteiger partial charge in [-0.25, -0.2) is 35.1 Å². The molecule has 1 fully saturated rings. The summed E-state index contributed by atoms with van der Waals surface area (Å²) >= 11 is 4.63. The van der Waals surface area contributed by atoms with Gasteiger partial charge < -0.3 is 15.3 Å². The number of halogens is 9. The summed E-state index contributed by atoms with van der Waals surface area (Å²) in [6.07, 6.45) is -7.97. The average Bonchev–Trinajstić information content (AvgIpc) is 3.36. The molecule has 37 heavy (non-hydrogen) atoms. The molecule has 0 unspecified atom stereocenters. The number of hydrogen-bond donors (Lipinski definition) is 1. The monoisotopic (exact) mass is 563 g/mol. The van der Waals surface area contributed by atoms with Crippen LogP contribution in [0.1, 0.15) is 33.3 Å². The second kappa shape index (κ2) is 16.5. The third-order valence-electron chi connectivity index (χ3n) is 4.23. The molecule has 3 rings (SSSR count). The molecular formula is C20H18ClF8N5O3. The van der Waals surface area contributed by atoms with Gasteiger partial charge in [-0.15, -0.1) is 0 Å². The van der Waals surface area contributed by atoms with Gasteiger partial charge in [0, 0.05) is 47.2 Å². The topological polar surface area (TPSA) is 111 Å². The molecule has 8 nitrogen and oxygen atoms in total. The number of nitrogens with zero attached hydrogens (tertiary/aromatic N) is 4. The zero-order chi connectivity index (χ0) is 28.0. The first-order chi connectivity index (χ1) is 17.5. The zero-order valence-electron chi connectivity index (χ0n) is 18.4. The molecule has 0 aromatic heterocycles. The molecule has 17 heteroatoms. The Hall–Kier alpha value is -3.24. The first kappa shape index (κ1) is 31.8. The van der Waals surface area contributed by atoms with Crippen LogP contribution in [0.15, 0.2) is 44.6 Å². The predicted octanol–water partition coefficient (Wildman–Crippen LogP) is 6.24. The molecular weight excluding hydrogens is 546 g/mol. The molecule has 204 valence electrons. The molecule has 0 radical (unpaired) electrons. The number of benzene rings is 2. The zero-order valence-corrected chi connectivity index (χ0v) is 19.2. The van der Waals surface area contributed by atoms with Crippen molar-refractivity contribution >= 4 is 18.1 Å². The Morgan fingerprint density at radius 2 is 1.41 bits per heavy atom. The summed E-state index contributed by atoms with van der Waals surface area (Å²) in [6, 6.07) is 2.76. The highest BCUT2D eigenvalue weighted by Crippen LogP contribution is 2.30. The van der Waals surface area contributed by atoms with Crippen LogP contribution in [-0.4, -0.2) is 32.4 Å². The number of nitrogens with two attached hydrogens (primary N) is 1. The number of alkyl halides is 4. The van der Waals surface area contributed by atoms with E-state index in [1.165, 1.54) is 0 Å². The van der Waals surface area contributed by atoms with E-state index in [9.17, 15) is 39.9 Å². The summed E-state index contributed by atoms with van der Waals surface area (Å²) in [6.45, 7) is 0.549. The van der Waals surface area contributed by atoms with Gasteiger partial charge in [-0.3, -0.25) is 4.79 Å². The minimum Gasteiger partial charge on any atom is -0.346 e. The number of ether oxygens (including phenoxy) is 2. The van der Waals surface area contributed by atoms with Crippen LogP contribution in [0.4, 0.5) is 35.1 Å². The van der Waals surface area contributed by atoms with Gasteiger partial charge >= 0.3 is 0 Å². The van der Waals surface area contributed by atoms with E-state index in [4.69, 9.17) is 9.47 Å². The van der Waals surface area contributed by atoms with E-state index in [-0.39, 0.29) is 36.2 Å². The Morgan fingerprint density at radius 3 is 1.86 bits per heavy atom. The molecule has 0 saturated carbocycles. The Labute approximate surface area is 209 Å². The third-order valence-corrected chi connectivity index (χ3v) is 4.30. The highest BCUT2D eigenvalue weighted by atomic mass is 35.5. The molecule has 2 N–H and O–H groups in total. The Balaban J connectivity index is 0.000000309. The number of carbonyl (C=O) groups excluding carboxylic acids is 1. The fraction of sp³-hybridized carbons (Fsp3) is 0.350. The van der Waals surface area contributed by atoms with Gasteiger partial charge in [-0.1, -0.05) is 9.86 Å². The Morgan fingerprint density at radius 1 is 0.892 bits per heavy atom. The lowest BCUT2D eigenvalue weighted by molar-refractivity contribution is -0.0454. The highest BCUT2D eigenvalue weighted by Gasteiger charge is 2.26. The molecule has 0 spiro atoms. The van der Waals surface area contributed by atoms with Crippen LogP contribution in [0.25, 0.3) is 0 Å². The van der Waals surface area contributed by atoms with E-state index in [2.05, 4.69) is 37.9 Å². The van der Waals surface area contributed by atoms with Gasteiger partial charge in [0.05, 0.1) is 25.0 Å². The van der Waals surface area contributed by atoms with Crippen LogP contribution < -0.4 is 5.84 Å². The van der Waals surface area contributed by atoms with Gasteiger partial charge in [0.1, 0.15) is 23.3 Å². The maximum absolute atomic E-state index is 13.4. The van der Waals surface area contributed by atoms with Gasteiger partial charge in [0.2, 0.25) is 12.9 Å². The summed E-state index contributed by atoms with van der Waals surface area (Å²) in [5, 5.41) is 8.34. The van der Waals surface area contributed by atoms with E-state index in [1.807, 2.05) is 0 Å². The van der Waals surface area contributed by atoms with E-state index < -0.39 is 60.8 Å². The number of carbonyl (C=O) groups is 1. The van der Waals surface area contributed by atoms with Gasteiger partial charge in [0.15, 0.2) is 12.6 Å². The lowest BCUT2D eigenvalue weighted by atomic mass is 10.0. The third kappa shape index (κ3) is 11.1. The lowest BCUT2D eigenvalue weighted by Gasteiger charge is -2.15. The van der Waals surface area contributed by atoms with Crippen molar-refractivity contribution in [3.8, 4) is 0 Å². The molecule has 1 aliphatic rings. The Kier molecular flexibility index (Phi) is 14.2. The molecule has 1 heterocycles. The van der Waals surface area contributed by atoms with Crippen molar-refractivity contribution in [3.05, 3.63) is 69.8 Å². The lowest BCUT2D eigenvalue weighted by Crippen LogP contribution is -2.10. The standard InChI is InChI=1S/C11H10F4O2.C9H6F4O.ClH2N5/c12-6-3-8(11-16-1-2-17-11)7(5-10(14)15)9(13)4-6;10-6-1-5(4-14)7(3-9(12)13)8(11)2-6;1-3-5-6-4-2/h3-4,10-11H,1-2,5H2;1-2,4,9H,3H2;(H2,2,3,6). The maximum atomic E-state index is 13.4. The number of aldehydes is 1. The van der Waals surface area contributed by atoms with Gasteiger partial charge in [0.25, 0.3) is 0 Å². The van der Waals surface area contributed by atoms with Crippen molar-refractivity contribution < 1.29 is 49.4 Å². The van der Waals surface area contributed by atoms with Crippen LogP contribution in [-0.2, 0) is 22.3 Å². The smallest absolute Gasteiger partial charge is 0.242 e. The quantitative estimate of drug-likeness (QED) is 0.141. The van der Waals surface area contributed by atoms with Gasteiger partial charge in [-0.2, -0.15) is 0 Å². The molecule has 1 aliphatic heterocycles. The molecule has 1 saturated heterocycles. The fourth-order valence-electron chi connectivity index (χ4n) is 2.88. The van der Waals surface area contributed by atoms with Crippen molar-refractivity contribution in [2.24, 2.45) is 26.1 Å². The van der Waals surface area contributed by atoms with Crippen LogP contribution in [0.3, 0.4) is 0 Å². The number of rotatable bonds is 7. The summed E-state index contributed by atoms with van der Waals surface area (Å²) in [4.78, 5) is 10.3. The molecule has 0 bridgehead atoms. The maximum Gasteiger partial charge on any atom is 0.242 e. The molecule has 2 aromatic rings. The van der Waals surface area contributed by atoms with E-state index in [0.717, 1.165) is 12.1 Å². The van der Waals surface area contributed by atoms with E-state index >= 15 is 0 Å². The fourth-order valence-corrected chi connectivity index (χ4v) is 2.91. The summed E-state index contributed by atoms with van der Waals surface area (Å²) < 4.78 is 113. The molecule has 0 amide bonds. The van der Waals surface area contributed by atoms with Crippen LogP contribution in [0.5, 0.6) is 0 Å². The van der Waals surface area contributed by atoms with E-state index in [1.54, 1.807) is 0 Å². The van der Waals surface area contributed by atoms with Crippen molar-refractivity contribution in [3.63, 3.8) is 0 Å². The van der Waals surface area contributed by atoms with E-state index in [0.29, 0.717) is 12.1 Å². The minimum absolute atomic E-state index is 0.000278. The van der Waals surface area contributed by atoms with Crippen LogP contribution >= 0.6 is 11.8 Å². The second-order valence-electron chi connectivity index (χ2n) is 6.66. The minimum atomic E-state index is -2.77. The molecule has 0 atom stereocenters. The largest absolute Gasteiger partial charge is 0.346 e. The Bertz CT molecular complexity index is 1060. The average molecular weight is 564 g/mol. The van der Waals surface area contributed by atoms with Gasteiger partial charge in [-0.05, 0) is 22.6 Å². The van der Waals surface area contributed by atoms with Crippen molar-refractivity contribution in [2.45, 2.75) is 32.0 Å². The van der Waals surface area contributed by atoms with Crippen LogP contribution in [0, 0.1) is 23.3 Å². The highest BCUT2D eigenvalue weighted by molar-refractivity contribution is 6.13. The van der Waals surface area contributed by atoms with Crippen molar-refractivity contribution in [2.75, 3.05) is 13.2 Å². The second-order valence-corrected chi connectivity index (χ2v) is 6.81. The SMILES string of the molecule is Fc1cc(F)c(CC(F)F)c(C2OCCO2)c1.N/N=N/N=NCl.O=Cc1cc(F)cc(F)c1CC(F)F. The summed E-state index contributed by atoms with van der Waals surface area (Å²) in [5.41, 5.74) is -1.08. The molecule has 2 aromatic carbocycles. The molecule has 0 aliphatic carbocycles. The summed E-state index contributed by atoms with van der Waals surface area (Å²) in [5.74, 6) is 0.548.